The lowest BCUT2D eigenvalue weighted by Crippen LogP contribution is -2.34. The predicted octanol–water partition coefficient (Wildman–Crippen LogP) is 4.44. The van der Waals surface area contributed by atoms with Crippen LogP contribution in [0.5, 0.6) is 0 Å². The van der Waals surface area contributed by atoms with Crippen LogP contribution in [-0.4, -0.2) is 20.6 Å². The van der Waals surface area contributed by atoms with Crippen molar-refractivity contribution in [3.63, 3.8) is 0 Å². The number of hydrogen-bond donors (Lipinski definition) is 3. The zero-order chi connectivity index (χ0) is 14.6. The minimum Gasteiger partial charge on any atom is -0.481 e. The van der Waals surface area contributed by atoms with Gasteiger partial charge in [-0.05, 0) is 32.1 Å². The molecule has 0 aliphatic carbocycles. The van der Waals surface area contributed by atoms with E-state index in [0.717, 1.165) is 12.8 Å². The highest BCUT2D eigenvalue weighted by Crippen LogP contribution is 2.39. The van der Waals surface area contributed by atoms with Gasteiger partial charge in [-0.2, -0.15) is 25.3 Å². The summed E-state index contributed by atoms with van der Waals surface area (Å²) >= 11 is 8.98. The molecule has 0 aliphatic rings. The van der Waals surface area contributed by atoms with E-state index in [1.54, 1.807) is 0 Å². The molecule has 0 bridgehead atoms. The van der Waals surface area contributed by atoms with Crippen LogP contribution in [-0.2, 0) is 4.79 Å². The van der Waals surface area contributed by atoms with E-state index in [9.17, 15) is 9.90 Å². The summed E-state index contributed by atoms with van der Waals surface area (Å²) in [6.07, 6.45) is 3.64. The Hall–Kier alpha value is 0.170. The molecule has 0 saturated carbocycles. The van der Waals surface area contributed by atoms with E-state index in [4.69, 9.17) is 0 Å². The van der Waals surface area contributed by atoms with Crippen LogP contribution in [0.2, 0.25) is 0 Å². The Morgan fingerprint density at radius 1 is 0.944 bits per heavy atom. The normalized spacial score (nSPS) is 13.7. The minimum absolute atomic E-state index is 0.119. The lowest BCUT2D eigenvalue weighted by Gasteiger charge is -2.33. The molecule has 18 heavy (non-hydrogen) atoms. The van der Waals surface area contributed by atoms with Gasteiger partial charge in [-0.15, -0.1) is 0 Å². The molecule has 0 heterocycles. The molecule has 0 atom stereocenters. The second-order valence-electron chi connectivity index (χ2n) is 6.56. The molecule has 2 nitrogen and oxygen atoms in total. The maximum atomic E-state index is 11.6. The molecule has 4 heteroatoms. The standard InChI is InChI=1S/C14H28O2S2/c1-6-14(11(15)16,9-7-12(2,3)17)10-8-13(4,5)18/h17-18H,6-10H2,1-5H3,(H,15,16). The molecule has 108 valence electrons. The number of hydrogen-bond acceptors (Lipinski definition) is 3. The van der Waals surface area contributed by atoms with Crippen molar-refractivity contribution in [1.29, 1.82) is 0 Å². The van der Waals surface area contributed by atoms with E-state index >= 15 is 0 Å². The third kappa shape index (κ3) is 6.93. The zero-order valence-corrected chi connectivity index (χ0v) is 14.1. The van der Waals surface area contributed by atoms with Gasteiger partial charge in [0.25, 0.3) is 0 Å². The molecular formula is C14H28O2S2. The van der Waals surface area contributed by atoms with E-state index < -0.39 is 11.4 Å². The molecule has 1 N–H and O–H groups in total. The first-order chi connectivity index (χ1) is 7.92. The highest BCUT2D eigenvalue weighted by atomic mass is 32.1. The average Bonchev–Trinajstić information content (AvgIpc) is 2.15. The Balaban J connectivity index is 4.78. The van der Waals surface area contributed by atoms with Gasteiger partial charge in [0.15, 0.2) is 0 Å². The molecular weight excluding hydrogens is 264 g/mol. The molecule has 0 saturated heterocycles. The van der Waals surface area contributed by atoms with Crippen molar-refractivity contribution in [3.05, 3.63) is 0 Å². The van der Waals surface area contributed by atoms with E-state index in [1.165, 1.54) is 0 Å². The number of carbonyl (C=O) groups is 1. The first kappa shape index (κ1) is 18.2. The van der Waals surface area contributed by atoms with E-state index in [0.29, 0.717) is 19.3 Å². The van der Waals surface area contributed by atoms with Gasteiger partial charge in [0, 0.05) is 9.49 Å². The molecule has 0 fully saturated rings. The first-order valence-corrected chi connectivity index (χ1v) is 7.49. The Morgan fingerprint density at radius 2 is 1.28 bits per heavy atom. The van der Waals surface area contributed by atoms with Crippen LogP contribution in [0.25, 0.3) is 0 Å². The summed E-state index contributed by atoms with van der Waals surface area (Å²) in [5, 5.41) is 9.57. The van der Waals surface area contributed by atoms with Gasteiger partial charge in [-0.25, -0.2) is 0 Å². The largest absolute Gasteiger partial charge is 0.481 e. The molecule has 0 amide bonds. The van der Waals surface area contributed by atoms with Gasteiger partial charge in [0.05, 0.1) is 5.41 Å². The predicted molar refractivity (Wildman–Crippen MR) is 85.0 cm³/mol. The number of carboxylic acid groups (broad SMARTS) is 1. The van der Waals surface area contributed by atoms with Crippen molar-refractivity contribution in [1.82, 2.24) is 0 Å². The lowest BCUT2D eigenvalue weighted by molar-refractivity contribution is -0.150. The summed E-state index contributed by atoms with van der Waals surface area (Å²) in [5.74, 6) is -0.680. The van der Waals surface area contributed by atoms with Crippen LogP contribution in [0.15, 0.2) is 0 Å². The summed E-state index contributed by atoms with van der Waals surface area (Å²) in [6, 6.07) is 0. The van der Waals surface area contributed by atoms with Crippen molar-refractivity contribution < 1.29 is 9.90 Å². The molecule has 0 aromatic rings. The van der Waals surface area contributed by atoms with Crippen LogP contribution < -0.4 is 0 Å². The van der Waals surface area contributed by atoms with Crippen LogP contribution in [0, 0.1) is 5.41 Å². The Labute approximate surface area is 123 Å². The Bertz CT molecular complexity index is 256. The van der Waals surface area contributed by atoms with E-state index in [1.807, 2.05) is 34.6 Å². The monoisotopic (exact) mass is 292 g/mol. The van der Waals surface area contributed by atoms with Crippen molar-refractivity contribution in [2.45, 2.75) is 76.2 Å². The Kier molecular flexibility index (Phi) is 6.62. The SMILES string of the molecule is CCC(CCC(C)(C)S)(CCC(C)(C)S)C(=O)O. The molecule has 0 unspecified atom stereocenters. The molecule has 0 spiro atoms. The zero-order valence-electron chi connectivity index (χ0n) is 12.3. The lowest BCUT2D eigenvalue weighted by atomic mass is 9.74. The molecule has 0 aliphatic heterocycles. The van der Waals surface area contributed by atoms with Gasteiger partial charge < -0.3 is 5.11 Å². The van der Waals surface area contributed by atoms with Gasteiger partial charge >= 0.3 is 5.97 Å². The minimum atomic E-state index is -0.680. The van der Waals surface area contributed by atoms with Gasteiger partial charge in [0.2, 0.25) is 0 Å². The fourth-order valence-electron chi connectivity index (χ4n) is 1.93. The second-order valence-corrected chi connectivity index (χ2v) is 8.99. The maximum absolute atomic E-state index is 11.6. The van der Waals surface area contributed by atoms with Gasteiger partial charge in [-0.3, -0.25) is 4.79 Å². The highest BCUT2D eigenvalue weighted by Gasteiger charge is 2.38. The van der Waals surface area contributed by atoms with Crippen LogP contribution >= 0.6 is 25.3 Å². The smallest absolute Gasteiger partial charge is 0.309 e. The third-order valence-corrected chi connectivity index (χ3v) is 4.01. The molecule has 0 aromatic carbocycles. The second kappa shape index (κ2) is 6.56. The summed E-state index contributed by atoms with van der Waals surface area (Å²) in [4.78, 5) is 11.6. The topological polar surface area (TPSA) is 37.3 Å². The van der Waals surface area contributed by atoms with Gasteiger partial charge in [-0.1, -0.05) is 34.6 Å². The van der Waals surface area contributed by atoms with Crippen molar-refractivity contribution in [3.8, 4) is 0 Å². The summed E-state index contributed by atoms with van der Waals surface area (Å²) in [5.41, 5.74) is -0.625. The number of rotatable bonds is 8. The van der Waals surface area contributed by atoms with Crippen molar-refractivity contribution in [2.24, 2.45) is 5.41 Å². The summed E-state index contributed by atoms with van der Waals surface area (Å²) in [6.45, 7) is 10.1. The van der Waals surface area contributed by atoms with E-state index in [2.05, 4.69) is 25.3 Å². The molecule has 0 radical (unpaired) electrons. The molecule has 0 aromatic heterocycles. The number of aliphatic carboxylic acids is 1. The fourth-order valence-corrected chi connectivity index (χ4v) is 2.16. The van der Waals surface area contributed by atoms with Crippen LogP contribution in [0.3, 0.4) is 0 Å². The molecule has 0 rings (SSSR count). The number of thiol groups is 2. The van der Waals surface area contributed by atoms with E-state index in [-0.39, 0.29) is 9.49 Å². The van der Waals surface area contributed by atoms with Crippen molar-refractivity contribution in [2.75, 3.05) is 0 Å². The maximum Gasteiger partial charge on any atom is 0.309 e. The summed E-state index contributed by atoms with van der Waals surface area (Å²) in [7, 11) is 0. The highest BCUT2D eigenvalue weighted by molar-refractivity contribution is 7.81. The fraction of sp³-hybridized carbons (Fsp3) is 0.929. The average molecular weight is 293 g/mol. The van der Waals surface area contributed by atoms with Crippen LogP contribution in [0.4, 0.5) is 0 Å². The first-order valence-electron chi connectivity index (χ1n) is 6.60. The third-order valence-electron chi connectivity index (χ3n) is 3.56. The quantitative estimate of drug-likeness (QED) is 0.578. The summed E-state index contributed by atoms with van der Waals surface area (Å²) < 4.78 is -0.237. The van der Waals surface area contributed by atoms with Crippen molar-refractivity contribution >= 4 is 31.2 Å². The Morgan fingerprint density at radius 3 is 1.44 bits per heavy atom. The van der Waals surface area contributed by atoms with Crippen LogP contribution in [0.1, 0.15) is 66.7 Å². The number of carboxylic acids is 1. The van der Waals surface area contributed by atoms with Gasteiger partial charge in [0.1, 0.15) is 0 Å².